The molecular formula is C42H26N2O. The summed E-state index contributed by atoms with van der Waals surface area (Å²) in [4.78, 5) is 9.94. The minimum atomic E-state index is 0.711. The van der Waals surface area contributed by atoms with Gasteiger partial charge in [0.1, 0.15) is 11.2 Å². The van der Waals surface area contributed by atoms with Crippen LogP contribution >= 0.6 is 0 Å². The molecule has 210 valence electrons. The smallest absolute Gasteiger partial charge is 0.160 e. The van der Waals surface area contributed by atoms with Crippen molar-refractivity contribution in [2.75, 3.05) is 0 Å². The summed E-state index contributed by atoms with van der Waals surface area (Å²) in [6.07, 6.45) is 0. The van der Waals surface area contributed by atoms with E-state index in [9.17, 15) is 0 Å². The molecule has 0 radical (unpaired) electrons. The highest BCUT2D eigenvalue weighted by Crippen LogP contribution is 2.41. The van der Waals surface area contributed by atoms with Crippen molar-refractivity contribution in [2.45, 2.75) is 0 Å². The van der Waals surface area contributed by atoms with Gasteiger partial charge in [-0.3, -0.25) is 0 Å². The number of fused-ring (bicyclic) bond motifs is 7. The highest BCUT2D eigenvalue weighted by Gasteiger charge is 2.16. The molecule has 0 saturated heterocycles. The van der Waals surface area contributed by atoms with Gasteiger partial charge in [-0.15, -0.1) is 0 Å². The van der Waals surface area contributed by atoms with Gasteiger partial charge in [-0.05, 0) is 33.9 Å². The largest absolute Gasteiger partial charge is 0.455 e. The van der Waals surface area contributed by atoms with Crippen molar-refractivity contribution in [1.82, 2.24) is 9.97 Å². The Morgan fingerprint density at radius 2 is 0.956 bits per heavy atom. The summed E-state index contributed by atoms with van der Waals surface area (Å²) in [6, 6.07) is 54.8. The quantitative estimate of drug-likeness (QED) is 0.196. The first-order valence-electron chi connectivity index (χ1n) is 15.2. The highest BCUT2D eigenvalue weighted by atomic mass is 16.3. The van der Waals surface area contributed by atoms with Crippen molar-refractivity contribution < 1.29 is 4.42 Å². The number of hydrogen-bond donors (Lipinski definition) is 0. The molecule has 2 aromatic heterocycles. The topological polar surface area (TPSA) is 38.9 Å². The van der Waals surface area contributed by atoms with Crippen LogP contribution in [-0.2, 0) is 0 Å². The van der Waals surface area contributed by atoms with Crippen LogP contribution in [0.25, 0.3) is 88.5 Å². The summed E-state index contributed by atoms with van der Waals surface area (Å²) in [5.41, 5.74) is 8.87. The molecule has 0 bridgehead atoms. The summed E-state index contributed by atoms with van der Waals surface area (Å²) in [5, 5.41) is 7.02. The fourth-order valence-electron chi connectivity index (χ4n) is 6.46. The Balaban J connectivity index is 1.18. The van der Waals surface area contributed by atoms with Crippen LogP contribution in [0.5, 0.6) is 0 Å². The van der Waals surface area contributed by atoms with Crippen LogP contribution < -0.4 is 0 Å². The maximum Gasteiger partial charge on any atom is 0.160 e. The molecule has 45 heavy (non-hydrogen) atoms. The minimum absolute atomic E-state index is 0.711. The third kappa shape index (κ3) is 4.29. The second-order valence-corrected chi connectivity index (χ2v) is 11.4. The lowest BCUT2D eigenvalue weighted by Crippen LogP contribution is -1.95. The summed E-state index contributed by atoms with van der Waals surface area (Å²) in [5.74, 6) is 0.711. The number of aromatic nitrogens is 2. The minimum Gasteiger partial charge on any atom is -0.455 e. The molecule has 7 aromatic carbocycles. The zero-order valence-electron chi connectivity index (χ0n) is 24.3. The van der Waals surface area contributed by atoms with Crippen molar-refractivity contribution in [3.63, 3.8) is 0 Å². The van der Waals surface area contributed by atoms with Gasteiger partial charge in [0.25, 0.3) is 0 Å². The number of rotatable bonds is 4. The first-order chi connectivity index (χ1) is 22.3. The van der Waals surface area contributed by atoms with E-state index in [4.69, 9.17) is 14.4 Å². The molecule has 9 aromatic rings. The van der Waals surface area contributed by atoms with Gasteiger partial charge < -0.3 is 4.42 Å². The molecule has 9 rings (SSSR count). The molecule has 0 aliphatic carbocycles. The molecule has 0 atom stereocenters. The van der Waals surface area contributed by atoms with E-state index < -0.39 is 0 Å². The van der Waals surface area contributed by atoms with Crippen molar-refractivity contribution in [1.29, 1.82) is 0 Å². The van der Waals surface area contributed by atoms with E-state index in [1.807, 2.05) is 36.4 Å². The molecule has 0 amide bonds. The average Bonchev–Trinajstić information content (AvgIpc) is 3.51. The average molecular weight is 575 g/mol. The normalized spacial score (nSPS) is 11.6. The number of para-hydroxylation sites is 1. The molecular weight excluding hydrogens is 548 g/mol. The fourth-order valence-corrected chi connectivity index (χ4v) is 6.46. The maximum atomic E-state index is 6.78. The van der Waals surface area contributed by atoms with Crippen LogP contribution in [0.3, 0.4) is 0 Å². The van der Waals surface area contributed by atoms with Crippen LogP contribution in [0.1, 0.15) is 0 Å². The molecule has 3 nitrogen and oxygen atoms in total. The Kier molecular flexibility index (Phi) is 5.82. The number of hydrogen-bond acceptors (Lipinski definition) is 3. The van der Waals surface area contributed by atoms with E-state index >= 15 is 0 Å². The van der Waals surface area contributed by atoms with Gasteiger partial charge in [0, 0.05) is 38.4 Å². The Labute approximate surface area is 260 Å². The molecule has 0 fully saturated rings. The van der Waals surface area contributed by atoms with E-state index in [-0.39, 0.29) is 0 Å². The van der Waals surface area contributed by atoms with Gasteiger partial charge in [-0.25, -0.2) is 9.97 Å². The van der Waals surface area contributed by atoms with Crippen LogP contribution in [0.2, 0.25) is 0 Å². The maximum absolute atomic E-state index is 6.78. The third-order valence-corrected chi connectivity index (χ3v) is 8.69. The molecule has 3 heteroatoms. The molecule has 0 saturated carbocycles. The standard InChI is InChI=1S/C42H26N2O/c1-3-11-29(12-4-1)37-26-38(44-42(43-37)32-13-5-2-6-14-32)30-21-18-28(19-22-30)34-16-9-17-35-36-25-24-31-23-20-27-10-7-8-15-33(27)39(31)41(36)45-40(34)35/h1-26H. The summed E-state index contributed by atoms with van der Waals surface area (Å²) < 4.78 is 6.78. The van der Waals surface area contributed by atoms with E-state index in [0.717, 1.165) is 66.5 Å². The lowest BCUT2D eigenvalue weighted by Gasteiger charge is -2.10. The van der Waals surface area contributed by atoms with E-state index in [1.165, 1.54) is 16.2 Å². The second kappa shape index (κ2) is 10.3. The van der Waals surface area contributed by atoms with Crippen molar-refractivity contribution in [2.24, 2.45) is 0 Å². The number of nitrogens with zero attached hydrogens (tertiary/aromatic N) is 2. The molecule has 0 aliphatic rings. The van der Waals surface area contributed by atoms with Gasteiger partial charge in [-0.2, -0.15) is 0 Å². The van der Waals surface area contributed by atoms with Gasteiger partial charge in [0.05, 0.1) is 11.4 Å². The summed E-state index contributed by atoms with van der Waals surface area (Å²) in [6.45, 7) is 0. The van der Waals surface area contributed by atoms with E-state index in [0.29, 0.717) is 5.82 Å². The number of furan rings is 1. The Hall–Kier alpha value is -6.06. The van der Waals surface area contributed by atoms with Gasteiger partial charge in [0.2, 0.25) is 0 Å². The Morgan fingerprint density at radius 3 is 1.73 bits per heavy atom. The first-order valence-corrected chi connectivity index (χ1v) is 15.2. The highest BCUT2D eigenvalue weighted by molar-refractivity contribution is 6.23. The summed E-state index contributed by atoms with van der Waals surface area (Å²) in [7, 11) is 0. The molecule has 0 spiro atoms. The van der Waals surface area contributed by atoms with E-state index in [1.54, 1.807) is 0 Å². The lowest BCUT2D eigenvalue weighted by atomic mass is 9.98. The zero-order valence-corrected chi connectivity index (χ0v) is 24.3. The van der Waals surface area contributed by atoms with Crippen molar-refractivity contribution in [3.8, 4) is 45.0 Å². The molecule has 2 heterocycles. The first kappa shape index (κ1) is 25.4. The Morgan fingerprint density at radius 1 is 0.378 bits per heavy atom. The molecule has 0 N–H and O–H groups in total. The SMILES string of the molecule is c1ccc(-c2cc(-c3ccc(-c4cccc5c4oc4c5ccc5ccc6ccccc6c54)cc3)nc(-c3ccccc3)n2)cc1. The molecule has 0 unspecified atom stereocenters. The predicted octanol–water partition coefficient (Wildman–Crippen LogP) is 11.4. The van der Waals surface area contributed by atoms with Gasteiger partial charge in [-0.1, -0.05) is 146 Å². The van der Waals surface area contributed by atoms with Crippen LogP contribution in [-0.4, -0.2) is 9.97 Å². The van der Waals surface area contributed by atoms with Crippen LogP contribution in [0.15, 0.2) is 162 Å². The zero-order chi connectivity index (χ0) is 29.7. The van der Waals surface area contributed by atoms with Gasteiger partial charge >= 0.3 is 0 Å². The fraction of sp³-hybridized carbons (Fsp3) is 0. The van der Waals surface area contributed by atoms with Crippen LogP contribution in [0.4, 0.5) is 0 Å². The lowest BCUT2D eigenvalue weighted by molar-refractivity contribution is 0.674. The van der Waals surface area contributed by atoms with Crippen molar-refractivity contribution in [3.05, 3.63) is 158 Å². The predicted molar refractivity (Wildman–Crippen MR) is 186 cm³/mol. The second-order valence-electron chi connectivity index (χ2n) is 11.4. The van der Waals surface area contributed by atoms with Gasteiger partial charge in [0.15, 0.2) is 5.82 Å². The van der Waals surface area contributed by atoms with E-state index in [2.05, 4.69) is 121 Å². The Bertz CT molecular complexity index is 2460. The molecule has 0 aliphatic heterocycles. The number of benzene rings is 7. The summed E-state index contributed by atoms with van der Waals surface area (Å²) >= 11 is 0. The monoisotopic (exact) mass is 574 g/mol. The third-order valence-electron chi connectivity index (χ3n) is 8.69. The van der Waals surface area contributed by atoms with Crippen LogP contribution in [0, 0.1) is 0 Å². The van der Waals surface area contributed by atoms with Crippen molar-refractivity contribution >= 4 is 43.5 Å².